The van der Waals surface area contributed by atoms with E-state index in [-0.39, 0.29) is 0 Å². The molecule has 2 saturated heterocycles. The largest absolute Gasteiger partial charge is 0.381 e. The van der Waals surface area contributed by atoms with Gasteiger partial charge in [-0.15, -0.1) is 0 Å². The minimum atomic E-state index is 0.421. The van der Waals surface area contributed by atoms with Gasteiger partial charge in [-0.3, -0.25) is 0 Å². The lowest BCUT2D eigenvalue weighted by molar-refractivity contribution is -0.0422. The van der Waals surface area contributed by atoms with Gasteiger partial charge < -0.3 is 9.64 Å². The fraction of sp³-hybridized carbons (Fsp3) is 0.529. The van der Waals surface area contributed by atoms with E-state index in [1.165, 1.54) is 17.4 Å². The van der Waals surface area contributed by atoms with E-state index >= 15 is 0 Å². The van der Waals surface area contributed by atoms with Gasteiger partial charge in [0.1, 0.15) is 11.0 Å². The van der Waals surface area contributed by atoms with Crippen LogP contribution in [0.4, 0.5) is 5.82 Å². The second-order valence-electron chi connectivity index (χ2n) is 6.51. The topological polar surface area (TPSA) is 38.2 Å². The Hall–Kier alpha value is -1.39. The maximum absolute atomic E-state index is 6.16. The Labute approximate surface area is 135 Å². The monoisotopic (exact) mass is 317 g/mol. The number of halogens is 1. The van der Waals surface area contributed by atoms with Crippen molar-refractivity contribution in [2.45, 2.75) is 32.2 Å². The van der Waals surface area contributed by atoms with Gasteiger partial charge in [0.25, 0.3) is 0 Å². The number of hydrogen-bond donors (Lipinski definition) is 0. The normalized spacial score (nSPS) is 23.2. The molecule has 2 aliphatic heterocycles. The number of aromatic nitrogens is 2. The molecule has 2 fully saturated rings. The summed E-state index contributed by atoms with van der Waals surface area (Å²) < 4.78 is 5.35. The molecular formula is C17H20ClN3O. The lowest BCUT2D eigenvalue weighted by Crippen LogP contribution is -2.46. The smallest absolute Gasteiger partial charge is 0.138 e. The maximum atomic E-state index is 6.16. The summed E-state index contributed by atoms with van der Waals surface area (Å²) in [4.78, 5) is 11.4. The van der Waals surface area contributed by atoms with Crippen molar-refractivity contribution < 1.29 is 4.74 Å². The van der Waals surface area contributed by atoms with Gasteiger partial charge in [-0.2, -0.15) is 0 Å². The molecule has 22 heavy (non-hydrogen) atoms. The first-order valence-electron chi connectivity index (χ1n) is 7.93. The Balaban J connectivity index is 1.84. The van der Waals surface area contributed by atoms with Crippen molar-refractivity contribution in [3.63, 3.8) is 0 Å². The van der Waals surface area contributed by atoms with E-state index in [1.807, 2.05) is 18.5 Å². The first-order chi connectivity index (χ1) is 10.6. The summed E-state index contributed by atoms with van der Waals surface area (Å²) >= 11 is 6.16. The van der Waals surface area contributed by atoms with Gasteiger partial charge in [-0.25, -0.2) is 9.97 Å². The summed E-state index contributed by atoms with van der Waals surface area (Å²) in [6.45, 7) is 7.24. The van der Waals surface area contributed by atoms with Crippen molar-refractivity contribution >= 4 is 28.2 Å². The first-order valence-corrected chi connectivity index (χ1v) is 8.31. The van der Waals surface area contributed by atoms with Crippen LogP contribution in [0, 0.1) is 5.92 Å². The predicted octanol–water partition coefficient (Wildman–Crippen LogP) is 3.63. The molecule has 2 aromatic heterocycles. The highest BCUT2D eigenvalue weighted by molar-refractivity contribution is 6.30. The SMILES string of the molecule is CC(c1cnc(N2CC[C@H]2C)c2cnc(Cl)cc12)C1COC1. The van der Waals surface area contributed by atoms with Crippen molar-refractivity contribution in [2.24, 2.45) is 5.92 Å². The van der Waals surface area contributed by atoms with Crippen LogP contribution in [0.5, 0.6) is 0 Å². The minimum Gasteiger partial charge on any atom is -0.381 e. The zero-order valence-corrected chi connectivity index (χ0v) is 13.7. The fourth-order valence-electron chi connectivity index (χ4n) is 3.34. The maximum Gasteiger partial charge on any atom is 0.138 e. The van der Waals surface area contributed by atoms with Gasteiger partial charge in [0.2, 0.25) is 0 Å². The van der Waals surface area contributed by atoms with Crippen LogP contribution in [-0.2, 0) is 4.74 Å². The molecule has 1 unspecified atom stereocenters. The number of ether oxygens (including phenoxy) is 1. The Morgan fingerprint density at radius 2 is 2.09 bits per heavy atom. The van der Waals surface area contributed by atoms with Crippen molar-refractivity contribution in [3.8, 4) is 0 Å². The van der Waals surface area contributed by atoms with Crippen molar-refractivity contribution in [2.75, 3.05) is 24.7 Å². The third-order valence-electron chi connectivity index (χ3n) is 5.20. The molecule has 2 aliphatic rings. The molecule has 4 heterocycles. The number of anilines is 1. The highest BCUT2D eigenvalue weighted by Gasteiger charge is 2.30. The summed E-state index contributed by atoms with van der Waals surface area (Å²) in [5.74, 6) is 2.04. The highest BCUT2D eigenvalue weighted by Crippen LogP contribution is 2.38. The zero-order valence-electron chi connectivity index (χ0n) is 12.9. The first kappa shape index (κ1) is 14.2. The van der Waals surface area contributed by atoms with Crippen LogP contribution < -0.4 is 4.90 Å². The molecule has 0 aromatic carbocycles. The molecule has 116 valence electrons. The second-order valence-corrected chi connectivity index (χ2v) is 6.89. The molecule has 0 amide bonds. The van der Waals surface area contributed by atoms with E-state index < -0.39 is 0 Å². The molecular weight excluding hydrogens is 298 g/mol. The summed E-state index contributed by atoms with van der Waals surface area (Å²) in [5, 5.41) is 2.84. The Kier molecular flexibility index (Phi) is 3.46. The molecule has 0 N–H and O–H groups in total. The van der Waals surface area contributed by atoms with Crippen molar-refractivity contribution in [1.82, 2.24) is 9.97 Å². The lowest BCUT2D eigenvalue weighted by atomic mass is 9.85. The van der Waals surface area contributed by atoms with Crippen LogP contribution in [0.25, 0.3) is 10.8 Å². The number of nitrogens with zero attached hydrogens (tertiary/aromatic N) is 3. The van der Waals surface area contributed by atoms with Crippen LogP contribution in [0.2, 0.25) is 5.15 Å². The van der Waals surface area contributed by atoms with Crippen LogP contribution >= 0.6 is 11.6 Å². The van der Waals surface area contributed by atoms with Crippen LogP contribution in [0.3, 0.4) is 0 Å². The number of fused-ring (bicyclic) bond motifs is 1. The summed E-state index contributed by atoms with van der Waals surface area (Å²) in [5.41, 5.74) is 1.25. The number of pyridine rings is 2. The Bertz CT molecular complexity index is 716. The zero-order chi connectivity index (χ0) is 15.3. The van der Waals surface area contributed by atoms with Gasteiger partial charge in [0.15, 0.2) is 0 Å². The highest BCUT2D eigenvalue weighted by atomic mass is 35.5. The molecule has 4 nitrogen and oxygen atoms in total. The van der Waals surface area contributed by atoms with Crippen molar-refractivity contribution in [3.05, 3.63) is 29.2 Å². The molecule has 0 spiro atoms. The third-order valence-corrected chi connectivity index (χ3v) is 5.41. The number of hydrogen-bond acceptors (Lipinski definition) is 4. The molecule has 5 heteroatoms. The van der Waals surface area contributed by atoms with Crippen LogP contribution in [0.15, 0.2) is 18.5 Å². The van der Waals surface area contributed by atoms with E-state index in [1.54, 1.807) is 0 Å². The predicted molar refractivity (Wildman–Crippen MR) is 88.7 cm³/mol. The minimum absolute atomic E-state index is 0.421. The molecule has 0 aliphatic carbocycles. The van der Waals surface area contributed by atoms with E-state index in [2.05, 4.69) is 23.7 Å². The standard InChI is InChI=1S/C17H20ClN3O/c1-10-3-4-21(10)17-15-7-19-16(18)5-13(15)14(6-20-17)11(2)12-8-22-9-12/h5-7,10-12H,3-4,8-9H2,1-2H3/t10-,11?/m1/s1. The van der Waals surface area contributed by atoms with Crippen LogP contribution in [0.1, 0.15) is 31.7 Å². The fourth-order valence-corrected chi connectivity index (χ4v) is 3.49. The molecule has 2 aromatic rings. The summed E-state index contributed by atoms with van der Waals surface area (Å²) in [6.07, 6.45) is 5.13. The van der Waals surface area contributed by atoms with E-state index in [4.69, 9.17) is 21.3 Å². The molecule has 4 rings (SSSR count). The average Bonchev–Trinajstić information content (AvgIpc) is 2.43. The quantitative estimate of drug-likeness (QED) is 0.810. The van der Waals surface area contributed by atoms with Gasteiger partial charge in [0, 0.05) is 36.3 Å². The van der Waals surface area contributed by atoms with E-state index in [0.29, 0.717) is 23.0 Å². The van der Waals surface area contributed by atoms with Gasteiger partial charge in [-0.05, 0) is 36.3 Å². The van der Waals surface area contributed by atoms with Gasteiger partial charge >= 0.3 is 0 Å². The molecule has 0 bridgehead atoms. The van der Waals surface area contributed by atoms with Gasteiger partial charge in [-0.1, -0.05) is 18.5 Å². The van der Waals surface area contributed by atoms with E-state index in [9.17, 15) is 0 Å². The van der Waals surface area contributed by atoms with E-state index in [0.717, 1.165) is 31.0 Å². The average molecular weight is 318 g/mol. The molecule has 2 atom stereocenters. The molecule has 0 radical (unpaired) electrons. The number of rotatable bonds is 3. The van der Waals surface area contributed by atoms with Crippen LogP contribution in [-0.4, -0.2) is 35.8 Å². The Morgan fingerprint density at radius 1 is 1.27 bits per heavy atom. The summed E-state index contributed by atoms with van der Waals surface area (Å²) in [7, 11) is 0. The third kappa shape index (κ3) is 2.17. The molecule has 0 saturated carbocycles. The summed E-state index contributed by atoms with van der Waals surface area (Å²) in [6, 6.07) is 2.53. The second kappa shape index (κ2) is 5.36. The van der Waals surface area contributed by atoms with Gasteiger partial charge in [0.05, 0.1) is 13.2 Å². The Morgan fingerprint density at radius 3 is 2.68 bits per heavy atom. The van der Waals surface area contributed by atoms with Crippen molar-refractivity contribution in [1.29, 1.82) is 0 Å². The lowest BCUT2D eigenvalue weighted by Gasteiger charge is -2.40.